The Labute approximate surface area is 112 Å². The summed E-state index contributed by atoms with van der Waals surface area (Å²) in [5.74, 6) is -5.90. The van der Waals surface area contributed by atoms with Crippen LogP contribution in [0.5, 0.6) is 0 Å². The molecule has 1 aromatic rings. The van der Waals surface area contributed by atoms with Gasteiger partial charge < -0.3 is 15.7 Å². The number of benzene rings is 1. The molecule has 0 heterocycles. The largest absolute Gasteiger partial charge is 0.480 e. The van der Waals surface area contributed by atoms with Crippen molar-refractivity contribution < 1.29 is 27.9 Å². The van der Waals surface area contributed by atoms with E-state index in [1.54, 1.807) is 6.92 Å². The molecule has 1 aromatic carbocycles. The highest BCUT2D eigenvalue weighted by Gasteiger charge is 2.20. The van der Waals surface area contributed by atoms with E-state index >= 15 is 0 Å². The molecule has 0 unspecified atom stereocenters. The maximum absolute atomic E-state index is 13.3. The van der Waals surface area contributed by atoms with E-state index in [0.29, 0.717) is 12.5 Å². The number of hydrogen-bond acceptors (Lipinski definition) is 2. The van der Waals surface area contributed by atoms with E-state index in [9.17, 15) is 22.8 Å². The second-order valence-corrected chi connectivity index (χ2v) is 4.00. The fourth-order valence-corrected chi connectivity index (χ4v) is 1.49. The van der Waals surface area contributed by atoms with Gasteiger partial charge in [-0.25, -0.2) is 22.8 Å². The summed E-state index contributed by atoms with van der Waals surface area (Å²) < 4.78 is 38.9. The minimum atomic E-state index is -1.72. The Morgan fingerprint density at radius 3 is 2.45 bits per heavy atom. The summed E-state index contributed by atoms with van der Waals surface area (Å²) in [6.07, 6.45) is 0.694. The summed E-state index contributed by atoms with van der Waals surface area (Å²) in [5.41, 5.74) is -0.581. The number of carbonyl (C=O) groups excluding carboxylic acids is 1. The monoisotopic (exact) mass is 290 g/mol. The molecule has 0 saturated heterocycles. The van der Waals surface area contributed by atoms with Crippen LogP contribution >= 0.6 is 0 Å². The lowest BCUT2D eigenvalue weighted by molar-refractivity contribution is -0.139. The van der Waals surface area contributed by atoms with Gasteiger partial charge in [-0.05, 0) is 18.6 Å². The van der Waals surface area contributed by atoms with Gasteiger partial charge in [0.2, 0.25) is 0 Å². The zero-order chi connectivity index (χ0) is 15.3. The average Bonchev–Trinajstić information content (AvgIpc) is 2.39. The Morgan fingerprint density at radius 1 is 1.25 bits per heavy atom. The van der Waals surface area contributed by atoms with Gasteiger partial charge in [-0.3, -0.25) is 0 Å². The molecule has 1 atom stereocenters. The van der Waals surface area contributed by atoms with Crippen LogP contribution in [-0.2, 0) is 4.79 Å². The van der Waals surface area contributed by atoms with Crippen molar-refractivity contribution in [3.05, 3.63) is 29.6 Å². The van der Waals surface area contributed by atoms with E-state index < -0.39 is 41.2 Å². The van der Waals surface area contributed by atoms with Gasteiger partial charge in [-0.15, -0.1) is 0 Å². The van der Waals surface area contributed by atoms with Crippen LogP contribution in [-0.4, -0.2) is 23.1 Å². The molecule has 0 aromatic heterocycles. The molecule has 0 bridgehead atoms. The second-order valence-electron chi connectivity index (χ2n) is 4.00. The number of hydrogen-bond donors (Lipinski definition) is 3. The van der Waals surface area contributed by atoms with E-state index in [1.165, 1.54) is 0 Å². The van der Waals surface area contributed by atoms with E-state index in [0.717, 1.165) is 6.07 Å². The summed E-state index contributed by atoms with van der Waals surface area (Å²) in [5, 5.41) is 12.8. The van der Waals surface area contributed by atoms with Crippen molar-refractivity contribution in [3.63, 3.8) is 0 Å². The molecule has 0 saturated carbocycles. The fourth-order valence-electron chi connectivity index (χ4n) is 1.49. The number of carboxylic acids is 1. The normalized spacial score (nSPS) is 11.8. The Morgan fingerprint density at radius 2 is 1.90 bits per heavy atom. The van der Waals surface area contributed by atoms with Crippen LogP contribution in [0.15, 0.2) is 12.1 Å². The molecule has 0 fully saturated rings. The second kappa shape index (κ2) is 6.78. The Bertz CT molecular complexity index is 523. The number of nitrogens with one attached hydrogen (secondary N) is 2. The van der Waals surface area contributed by atoms with Gasteiger partial charge in [0.25, 0.3) is 0 Å². The molecule has 2 amide bonds. The third kappa shape index (κ3) is 3.87. The Hall–Kier alpha value is -2.25. The van der Waals surface area contributed by atoms with Crippen LogP contribution in [0.4, 0.5) is 23.7 Å². The van der Waals surface area contributed by atoms with Gasteiger partial charge >= 0.3 is 12.0 Å². The number of rotatable bonds is 5. The highest BCUT2D eigenvalue weighted by molar-refractivity contribution is 5.92. The van der Waals surface area contributed by atoms with Crippen LogP contribution in [0.25, 0.3) is 0 Å². The van der Waals surface area contributed by atoms with Crippen molar-refractivity contribution in [2.45, 2.75) is 25.8 Å². The first-order valence-corrected chi connectivity index (χ1v) is 5.80. The molecule has 20 heavy (non-hydrogen) atoms. The molecule has 0 aliphatic carbocycles. The lowest BCUT2D eigenvalue weighted by Gasteiger charge is -2.14. The maximum atomic E-state index is 13.3. The molecule has 110 valence electrons. The number of halogens is 3. The molecule has 8 heteroatoms. The van der Waals surface area contributed by atoms with E-state index in [-0.39, 0.29) is 6.42 Å². The fraction of sp³-hybridized carbons (Fsp3) is 0.333. The molecule has 0 radical (unpaired) electrons. The molecule has 0 spiro atoms. The topological polar surface area (TPSA) is 78.4 Å². The third-order valence-electron chi connectivity index (χ3n) is 2.46. The van der Waals surface area contributed by atoms with Crippen molar-refractivity contribution >= 4 is 17.7 Å². The molecular formula is C12H13F3N2O3. The number of carboxylic acid groups (broad SMARTS) is 1. The average molecular weight is 290 g/mol. The number of anilines is 1. The molecule has 0 aliphatic heterocycles. The first kappa shape index (κ1) is 15.8. The standard InChI is InChI=1S/C12H13F3N2O3/c1-2-3-8(11(18)19)17-12(20)16-7-5-4-6(13)9(14)10(7)15/h4-5,8H,2-3H2,1H3,(H,18,19)(H2,16,17,20)/t8-/m0/s1. The minimum absolute atomic E-state index is 0.184. The quantitative estimate of drug-likeness (QED) is 0.729. The lowest BCUT2D eigenvalue weighted by Crippen LogP contribution is -2.43. The van der Waals surface area contributed by atoms with E-state index in [1.807, 2.05) is 5.32 Å². The van der Waals surface area contributed by atoms with Crippen molar-refractivity contribution in [1.29, 1.82) is 0 Å². The highest BCUT2D eigenvalue weighted by Crippen LogP contribution is 2.19. The van der Waals surface area contributed by atoms with E-state index in [2.05, 4.69) is 5.32 Å². The number of carbonyl (C=O) groups is 2. The molecule has 0 aliphatic rings. The van der Waals surface area contributed by atoms with Crippen molar-refractivity contribution in [2.75, 3.05) is 5.32 Å². The smallest absolute Gasteiger partial charge is 0.326 e. The van der Waals surface area contributed by atoms with E-state index in [4.69, 9.17) is 5.11 Å². The molecule has 5 nitrogen and oxygen atoms in total. The van der Waals surface area contributed by atoms with Crippen LogP contribution in [0.2, 0.25) is 0 Å². The van der Waals surface area contributed by atoms with Gasteiger partial charge in [0, 0.05) is 0 Å². The van der Waals surface area contributed by atoms with Crippen molar-refractivity contribution in [1.82, 2.24) is 5.32 Å². The van der Waals surface area contributed by atoms with Gasteiger partial charge in [0.15, 0.2) is 17.5 Å². The summed E-state index contributed by atoms with van der Waals surface area (Å²) in [6, 6.07) is -0.679. The number of aliphatic carboxylic acids is 1. The third-order valence-corrected chi connectivity index (χ3v) is 2.46. The zero-order valence-electron chi connectivity index (χ0n) is 10.5. The van der Waals surface area contributed by atoms with Gasteiger partial charge in [0.05, 0.1) is 5.69 Å². The Kier molecular flexibility index (Phi) is 5.36. The summed E-state index contributed by atoms with van der Waals surface area (Å²) in [6.45, 7) is 1.73. The predicted molar refractivity (Wildman–Crippen MR) is 64.8 cm³/mol. The molecule has 3 N–H and O–H groups in total. The van der Waals surface area contributed by atoms with Crippen LogP contribution in [0.1, 0.15) is 19.8 Å². The number of amides is 2. The predicted octanol–water partition coefficient (Wildman–Crippen LogP) is 2.48. The van der Waals surface area contributed by atoms with Crippen molar-refractivity contribution in [3.8, 4) is 0 Å². The molecule has 1 rings (SSSR count). The number of urea groups is 1. The SMILES string of the molecule is CCC[C@H](NC(=O)Nc1ccc(F)c(F)c1F)C(=O)O. The Balaban J connectivity index is 2.76. The van der Waals surface area contributed by atoms with Crippen LogP contribution in [0.3, 0.4) is 0 Å². The van der Waals surface area contributed by atoms with Crippen LogP contribution in [0, 0.1) is 17.5 Å². The first-order valence-electron chi connectivity index (χ1n) is 5.80. The molecular weight excluding hydrogens is 277 g/mol. The van der Waals surface area contributed by atoms with Gasteiger partial charge in [0.1, 0.15) is 6.04 Å². The summed E-state index contributed by atoms with van der Waals surface area (Å²) in [4.78, 5) is 22.3. The maximum Gasteiger partial charge on any atom is 0.326 e. The zero-order valence-corrected chi connectivity index (χ0v) is 10.5. The minimum Gasteiger partial charge on any atom is -0.480 e. The van der Waals surface area contributed by atoms with Crippen LogP contribution < -0.4 is 10.6 Å². The summed E-state index contributed by atoms with van der Waals surface area (Å²) >= 11 is 0. The lowest BCUT2D eigenvalue weighted by atomic mass is 10.2. The highest BCUT2D eigenvalue weighted by atomic mass is 19.2. The summed E-state index contributed by atoms with van der Waals surface area (Å²) in [7, 11) is 0. The first-order chi connectivity index (χ1) is 9.36. The van der Waals surface area contributed by atoms with Gasteiger partial charge in [-0.2, -0.15) is 0 Å². The van der Waals surface area contributed by atoms with Gasteiger partial charge in [-0.1, -0.05) is 13.3 Å². The van der Waals surface area contributed by atoms with Crippen molar-refractivity contribution in [2.24, 2.45) is 0 Å².